The Balaban J connectivity index is 2.02. The van der Waals surface area contributed by atoms with Gasteiger partial charge in [0.1, 0.15) is 0 Å². The van der Waals surface area contributed by atoms with Crippen molar-refractivity contribution in [3.63, 3.8) is 0 Å². The van der Waals surface area contributed by atoms with E-state index in [1.54, 1.807) is 12.1 Å². The van der Waals surface area contributed by atoms with E-state index in [0.29, 0.717) is 5.56 Å². The van der Waals surface area contributed by atoms with Crippen LogP contribution in [0.15, 0.2) is 24.3 Å². The first-order valence-electron chi connectivity index (χ1n) is 5.83. The topological polar surface area (TPSA) is 49.4 Å². The van der Waals surface area contributed by atoms with Crippen LogP contribution in [0.5, 0.6) is 0 Å². The highest BCUT2D eigenvalue weighted by Crippen LogP contribution is 2.20. The second-order valence-corrected chi connectivity index (χ2v) is 5.52. The third kappa shape index (κ3) is 2.85. The summed E-state index contributed by atoms with van der Waals surface area (Å²) in [5.41, 5.74) is 1.63. The zero-order valence-corrected chi connectivity index (χ0v) is 11.3. The van der Waals surface area contributed by atoms with Gasteiger partial charge in [-0.1, -0.05) is 11.8 Å². The first kappa shape index (κ1) is 13.0. The lowest BCUT2D eigenvalue weighted by Crippen LogP contribution is -2.37. The number of anilines is 1. The molecule has 0 saturated carbocycles. The van der Waals surface area contributed by atoms with Crippen molar-refractivity contribution in [2.45, 2.75) is 12.5 Å². The molecule has 1 amide bonds. The van der Waals surface area contributed by atoms with Gasteiger partial charge in [-0.05, 0) is 30.7 Å². The van der Waals surface area contributed by atoms with Gasteiger partial charge in [0.05, 0.1) is 6.04 Å². The first-order chi connectivity index (χ1) is 8.58. The number of carbonyl (C=O) groups excluding carboxylic acids is 2. The van der Waals surface area contributed by atoms with Gasteiger partial charge in [-0.3, -0.25) is 9.59 Å². The maximum Gasteiger partial charge on any atom is 0.251 e. The van der Waals surface area contributed by atoms with Crippen molar-refractivity contribution in [2.75, 3.05) is 24.7 Å². The van der Waals surface area contributed by atoms with Crippen molar-refractivity contribution in [1.29, 1.82) is 0 Å². The van der Waals surface area contributed by atoms with E-state index in [1.165, 1.54) is 11.8 Å². The monoisotopic (exact) mass is 264 g/mol. The Kier molecular flexibility index (Phi) is 3.91. The largest absolute Gasteiger partial charge is 0.378 e. The maximum absolute atomic E-state index is 11.9. The van der Waals surface area contributed by atoms with Crippen LogP contribution >= 0.6 is 11.8 Å². The molecule has 18 heavy (non-hydrogen) atoms. The summed E-state index contributed by atoms with van der Waals surface area (Å²) >= 11 is 1.29. The van der Waals surface area contributed by atoms with Crippen LogP contribution in [0.3, 0.4) is 0 Å². The van der Waals surface area contributed by atoms with E-state index in [0.717, 1.165) is 17.9 Å². The molecule has 1 N–H and O–H groups in total. The summed E-state index contributed by atoms with van der Waals surface area (Å²) in [6, 6.07) is 7.00. The van der Waals surface area contributed by atoms with E-state index in [9.17, 15) is 9.59 Å². The summed E-state index contributed by atoms with van der Waals surface area (Å²) in [6.07, 6.45) is 0.727. The number of benzene rings is 1. The van der Waals surface area contributed by atoms with Gasteiger partial charge in [-0.25, -0.2) is 0 Å². The summed E-state index contributed by atoms with van der Waals surface area (Å²) in [4.78, 5) is 25.3. The van der Waals surface area contributed by atoms with Crippen molar-refractivity contribution < 1.29 is 9.59 Å². The van der Waals surface area contributed by atoms with E-state index in [-0.39, 0.29) is 17.1 Å². The lowest BCUT2D eigenvalue weighted by atomic mass is 10.1. The summed E-state index contributed by atoms with van der Waals surface area (Å²) in [5.74, 6) is 0.616. The Hall–Kier alpha value is -1.49. The second kappa shape index (κ2) is 5.44. The molecule has 96 valence electrons. The van der Waals surface area contributed by atoms with Gasteiger partial charge in [0.15, 0.2) is 0 Å². The smallest absolute Gasteiger partial charge is 0.251 e. The van der Waals surface area contributed by atoms with Crippen LogP contribution in [0.25, 0.3) is 0 Å². The maximum atomic E-state index is 11.9. The molecule has 1 aliphatic rings. The molecule has 0 radical (unpaired) electrons. The van der Waals surface area contributed by atoms with E-state index < -0.39 is 0 Å². The Morgan fingerprint density at radius 3 is 2.50 bits per heavy atom. The minimum absolute atomic E-state index is 0.0632. The molecular weight excluding hydrogens is 248 g/mol. The zero-order valence-electron chi connectivity index (χ0n) is 10.5. The van der Waals surface area contributed by atoms with E-state index >= 15 is 0 Å². The number of hydrogen-bond acceptors (Lipinski definition) is 4. The molecule has 1 heterocycles. The molecule has 1 aromatic rings. The normalized spacial score (nSPS) is 18.8. The highest BCUT2D eigenvalue weighted by atomic mass is 32.2. The molecule has 0 aliphatic carbocycles. The van der Waals surface area contributed by atoms with Crippen LogP contribution in [-0.2, 0) is 4.79 Å². The predicted octanol–water partition coefficient (Wildman–Crippen LogP) is 1.51. The molecule has 1 atom stereocenters. The standard InChI is InChI=1S/C13H16N2O2S/c1-15(2)10-5-3-9(4-6-10)12(16)14-11-7-8-18-13(11)17/h3-6,11H,7-8H2,1-2H3,(H,14,16)/t11-/m0/s1. The molecule has 2 rings (SSSR count). The van der Waals surface area contributed by atoms with Crippen molar-refractivity contribution in [2.24, 2.45) is 0 Å². The Morgan fingerprint density at radius 1 is 1.33 bits per heavy atom. The van der Waals surface area contributed by atoms with Crippen LogP contribution in [-0.4, -0.2) is 36.9 Å². The van der Waals surface area contributed by atoms with Gasteiger partial charge < -0.3 is 10.2 Å². The summed E-state index contributed by atoms with van der Waals surface area (Å²) < 4.78 is 0. The van der Waals surface area contributed by atoms with Crippen molar-refractivity contribution >= 4 is 28.5 Å². The van der Waals surface area contributed by atoms with Gasteiger partial charge in [0.25, 0.3) is 5.91 Å². The molecule has 1 fully saturated rings. The molecule has 1 saturated heterocycles. The highest BCUT2D eigenvalue weighted by molar-refractivity contribution is 8.14. The second-order valence-electron chi connectivity index (χ2n) is 4.42. The number of nitrogens with one attached hydrogen (secondary N) is 1. The van der Waals surface area contributed by atoms with Crippen molar-refractivity contribution in [3.05, 3.63) is 29.8 Å². The van der Waals surface area contributed by atoms with Gasteiger partial charge in [-0.15, -0.1) is 0 Å². The van der Waals surface area contributed by atoms with E-state index in [4.69, 9.17) is 0 Å². The predicted molar refractivity (Wildman–Crippen MR) is 74.1 cm³/mol. The SMILES string of the molecule is CN(C)c1ccc(C(=O)N[C@H]2CCSC2=O)cc1. The molecule has 0 bridgehead atoms. The van der Waals surface area contributed by atoms with Crippen LogP contribution in [0.2, 0.25) is 0 Å². The summed E-state index contributed by atoms with van der Waals surface area (Å²) in [7, 11) is 3.90. The molecule has 1 aromatic carbocycles. The van der Waals surface area contributed by atoms with Gasteiger partial charge in [-0.2, -0.15) is 0 Å². The fourth-order valence-corrected chi connectivity index (χ4v) is 2.71. The lowest BCUT2D eigenvalue weighted by molar-refractivity contribution is -0.112. The third-order valence-electron chi connectivity index (χ3n) is 2.89. The van der Waals surface area contributed by atoms with Gasteiger partial charge >= 0.3 is 0 Å². The number of carbonyl (C=O) groups is 2. The number of amides is 1. The average molecular weight is 264 g/mol. The summed E-state index contributed by atoms with van der Waals surface area (Å²) in [5, 5.41) is 2.83. The molecule has 0 spiro atoms. The van der Waals surface area contributed by atoms with Crippen LogP contribution in [0.1, 0.15) is 16.8 Å². The number of nitrogens with zero attached hydrogens (tertiary/aromatic N) is 1. The lowest BCUT2D eigenvalue weighted by Gasteiger charge is -2.13. The third-order valence-corrected chi connectivity index (χ3v) is 3.90. The number of thioether (sulfide) groups is 1. The number of hydrogen-bond donors (Lipinski definition) is 1. The highest BCUT2D eigenvalue weighted by Gasteiger charge is 2.26. The van der Waals surface area contributed by atoms with Crippen LogP contribution in [0, 0.1) is 0 Å². The Bertz CT molecular complexity index is 457. The zero-order chi connectivity index (χ0) is 13.1. The van der Waals surface area contributed by atoms with Crippen LogP contribution in [0.4, 0.5) is 5.69 Å². The quantitative estimate of drug-likeness (QED) is 0.899. The first-order valence-corrected chi connectivity index (χ1v) is 6.81. The van der Waals surface area contributed by atoms with Gasteiger partial charge in [0, 0.05) is 31.1 Å². The van der Waals surface area contributed by atoms with E-state index in [1.807, 2.05) is 31.1 Å². The molecular formula is C13H16N2O2S. The molecule has 1 aliphatic heterocycles. The van der Waals surface area contributed by atoms with Gasteiger partial charge in [0.2, 0.25) is 5.12 Å². The minimum Gasteiger partial charge on any atom is -0.378 e. The Morgan fingerprint density at radius 2 is 2.00 bits per heavy atom. The summed E-state index contributed by atoms with van der Waals surface area (Å²) in [6.45, 7) is 0. The molecule has 0 unspecified atom stereocenters. The number of rotatable bonds is 3. The fraction of sp³-hybridized carbons (Fsp3) is 0.385. The minimum atomic E-state index is -0.323. The van der Waals surface area contributed by atoms with Crippen molar-refractivity contribution in [3.8, 4) is 0 Å². The average Bonchev–Trinajstić information content (AvgIpc) is 2.75. The molecule has 5 heteroatoms. The van der Waals surface area contributed by atoms with Crippen molar-refractivity contribution in [1.82, 2.24) is 5.32 Å². The Labute approximate surface area is 111 Å². The molecule has 0 aromatic heterocycles. The van der Waals surface area contributed by atoms with Crippen LogP contribution < -0.4 is 10.2 Å². The molecule has 4 nitrogen and oxygen atoms in total. The fourth-order valence-electron chi connectivity index (χ4n) is 1.78. The van der Waals surface area contributed by atoms with E-state index in [2.05, 4.69) is 5.32 Å².